The van der Waals surface area contributed by atoms with Gasteiger partial charge in [-0.1, -0.05) is 36.3 Å². The van der Waals surface area contributed by atoms with Crippen molar-refractivity contribution in [1.82, 2.24) is 0 Å². The Morgan fingerprint density at radius 3 is 2.79 bits per heavy atom. The predicted octanol–water partition coefficient (Wildman–Crippen LogP) is 3.39. The van der Waals surface area contributed by atoms with Gasteiger partial charge in [0.2, 0.25) is 6.10 Å². The maximum atomic E-state index is 12.3. The number of ether oxygens (including phenoxy) is 1. The fourth-order valence-electron chi connectivity index (χ4n) is 2.54. The molecule has 124 valence electrons. The Bertz CT molecular complexity index is 753. The molecule has 0 radical (unpaired) electrons. The van der Waals surface area contributed by atoms with Gasteiger partial charge in [0.25, 0.3) is 5.91 Å². The number of methoxy groups -OCH3 is 1. The minimum absolute atomic E-state index is 0.194. The van der Waals surface area contributed by atoms with Crippen LogP contribution in [0.25, 0.3) is 0 Å². The van der Waals surface area contributed by atoms with Gasteiger partial charge in [-0.3, -0.25) is 4.79 Å². The summed E-state index contributed by atoms with van der Waals surface area (Å²) in [4.78, 5) is 17.6. The van der Waals surface area contributed by atoms with E-state index in [2.05, 4.69) is 17.4 Å². The van der Waals surface area contributed by atoms with E-state index in [4.69, 9.17) is 9.57 Å². The molecule has 0 unspecified atom stereocenters. The van der Waals surface area contributed by atoms with E-state index in [1.165, 1.54) is 5.56 Å². The molecular formula is C19H20N2O3. The molecule has 0 saturated heterocycles. The van der Waals surface area contributed by atoms with Crippen LogP contribution in [0.2, 0.25) is 0 Å². The quantitative estimate of drug-likeness (QED) is 0.917. The lowest BCUT2D eigenvalue weighted by molar-refractivity contribution is -0.125. The molecule has 1 aliphatic heterocycles. The molecule has 1 N–H and O–H groups in total. The zero-order valence-electron chi connectivity index (χ0n) is 13.8. The molecule has 2 aromatic rings. The molecule has 5 heteroatoms. The van der Waals surface area contributed by atoms with Crippen molar-refractivity contribution in [3.05, 3.63) is 59.7 Å². The SMILES string of the molecule is CCc1ccc(NC(=O)[C@H]2CC(c3cccc(OC)c3)=NO2)cc1. The number of oxime groups is 1. The zero-order valence-corrected chi connectivity index (χ0v) is 13.8. The van der Waals surface area contributed by atoms with Crippen LogP contribution in [0.5, 0.6) is 5.75 Å². The van der Waals surface area contributed by atoms with E-state index < -0.39 is 6.10 Å². The van der Waals surface area contributed by atoms with E-state index in [0.717, 1.165) is 29.1 Å². The van der Waals surface area contributed by atoms with Crippen LogP contribution in [0.1, 0.15) is 24.5 Å². The third kappa shape index (κ3) is 3.56. The Morgan fingerprint density at radius 1 is 1.29 bits per heavy atom. The smallest absolute Gasteiger partial charge is 0.268 e. The van der Waals surface area contributed by atoms with Gasteiger partial charge >= 0.3 is 0 Å². The number of carbonyl (C=O) groups is 1. The van der Waals surface area contributed by atoms with E-state index in [9.17, 15) is 4.79 Å². The second-order valence-electron chi connectivity index (χ2n) is 5.61. The number of nitrogens with zero attached hydrogens (tertiary/aromatic N) is 1. The first kappa shape index (κ1) is 16.1. The standard InChI is InChI=1S/C19H20N2O3/c1-3-13-7-9-15(10-8-13)20-19(22)18-12-17(21-24-18)14-5-4-6-16(11-14)23-2/h4-11,18H,3,12H2,1-2H3,(H,20,22)/t18-/m1/s1. The summed E-state index contributed by atoms with van der Waals surface area (Å²) in [5.74, 6) is 0.556. The van der Waals surface area contributed by atoms with Crippen LogP contribution in [0.4, 0.5) is 5.69 Å². The molecule has 1 amide bonds. The number of aryl methyl sites for hydroxylation is 1. The molecule has 0 bridgehead atoms. The van der Waals surface area contributed by atoms with Crippen molar-refractivity contribution < 1.29 is 14.4 Å². The second kappa shape index (κ2) is 7.17. The zero-order chi connectivity index (χ0) is 16.9. The van der Waals surface area contributed by atoms with Crippen molar-refractivity contribution in [2.45, 2.75) is 25.9 Å². The fraction of sp³-hybridized carbons (Fsp3) is 0.263. The van der Waals surface area contributed by atoms with E-state index in [1.54, 1.807) is 7.11 Å². The first-order valence-corrected chi connectivity index (χ1v) is 7.96. The molecule has 1 heterocycles. The molecule has 0 aromatic heterocycles. The first-order valence-electron chi connectivity index (χ1n) is 7.96. The highest BCUT2D eigenvalue weighted by molar-refractivity contribution is 6.06. The average molecular weight is 324 g/mol. The highest BCUT2D eigenvalue weighted by Crippen LogP contribution is 2.21. The molecule has 0 fully saturated rings. The van der Waals surface area contributed by atoms with Gasteiger partial charge in [-0.15, -0.1) is 0 Å². The molecule has 1 aliphatic rings. The Balaban J connectivity index is 1.62. The van der Waals surface area contributed by atoms with E-state index in [0.29, 0.717) is 6.42 Å². The van der Waals surface area contributed by atoms with Gasteiger partial charge < -0.3 is 14.9 Å². The van der Waals surface area contributed by atoms with Crippen LogP contribution < -0.4 is 10.1 Å². The van der Waals surface area contributed by atoms with E-state index >= 15 is 0 Å². The highest BCUT2D eigenvalue weighted by atomic mass is 16.6. The summed E-state index contributed by atoms with van der Waals surface area (Å²) in [5.41, 5.74) is 3.64. The van der Waals surface area contributed by atoms with Gasteiger partial charge in [-0.2, -0.15) is 0 Å². The maximum Gasteiger partial charge on any atom is 0.268 e. The second-order valence-corrected chi connectivity index (χ2v) is 5.61. The van der Waals surface area contributed by atoms with Crippen LogP contribution >= 0.6 is 0 Å². The van der Waals surface area contributed by atoms with Crippen LogP contribution in [-0.4, -0.2) is 24.8 Å². The number of benzene rings is 2. The average Bonchev–Trinajstić information content (AvgIpc) is 3.13. The normalized spacial score (nSPS) is 16.2. The summed E-state index contributed by atoms with van der Waals surface area (Å²) < 4.78 is 5.21. The predicted molar refractivity (Wildman–Crippen MR) is 93.5 cm³/mol. The van der Waals surface area contributed by atoms with Crippen LogP contribution in [0, 0.1) is 0 Å². The van der Waals surface area contributed by atoms with Crippen LogP contribution in [0.3, 0.4) is 0 Å². The van der Waals surface area contributed by atoms with Crippen molar-refractivity contribution in [2.24, 2.45) is 5.16 Å². The molecule has 24 heavy (non-hydrogen) atoms. The molecule has 3 rings (SSSR count). The van der Waals surface area contributed by atoms with Gasteiger partial charge in [0, 0.05) is 17.7 Å². The summed E-state index contributed by atoms with van der Waals surface area (Å²) in [6, 6.07) is 15.4. The van der Waals surface area contributed by atoms with E-state index in [-0.39, 0.29) is 5.91 Å². The Kier molecular flexibility index (Phi) is 4.79. The van der Waals surface area contributed by atoms with Gasteiger partial charge in [-0.25, -0.2) is 0 Å². The minimum atomic E-state index is -0.614. The van der Waals surface area contributed by atoms with Crippen LogP contribution in [0.15, 0.2) is 53.7 Å². The number of carbonyl (C=O) groups excluding carboxylic acids is 1. The largest absolute Gasteiger partial charge is 0.497 e. The minimum Gasteiger partial charge on any atom is -0.497 e. The molecule has 0 saturated carbocycles. The topological polar surface area (TPSA) is 59.9 Å². The van der Waals surface area contributed by atoms with Crippen molar-refractivity contribution in [3.63, 3.8) is 0 Å². The molecular weight excluding hydrogens is 304 g/mol. The summed E-state index contributed by atoms with van der Waals surface area (Å²) in [7, 11) is 1.62. The molecule has 5 nitrogen and oxygen atoms in total. The third-order valence-electron chi connectivity index (χ3n) is 3.99. The van der Waals surface area contributed by atoms with Gasteiger partial charge in [-0.05, 0) is 36.2 Å². The van der Waals surface area contributed by atoms with Crippen molar-refractivity contribution in [3.8, 4) is 5.75 Å². The number of amides is 1. The summed E-state index contributed by atoms with van der Waals surface area (Å²) in [5, 5.41) is 6.92. The van der Waals surface area contributed by atoms with Crippen molar-refractivity contribution in [1.29, 1.82) is 0 Å². The lowest BCUT2D eigenvalue weighted by atomic mass is 10.0. The maximum absolute atomic E-state index is 12.3. The highest BCUT2D eigenvalue weighted by Gasteiger charge is 2.29. The number of hydrogen-bond acceptors (Lipinski definition) is 4. The Morgan fingerprint density at radius 2 is 2.08 bits per heavy atom. The Hall–Kier alpha value is -2.82. The first-order chi connectivity index (χ1) is 11.7. The lowest BCUT2D eigenvalue weighted by Gasteiger charge is -2.10. The number of hydrogen-bond donors (Lipinski definition) is 1. The number of rotatable bonds is 5. The molecule has 1 atom stereocenters. The summed E-state index contributed by atoms with van der Waals surface area (Å²) >= 11 is 0. The number of nitrogens with one attached hydrogen (secondary N) is 1. The van der Waals surface area contributed by atoms with Crippen LogP contribution in [-0.2, 0) is 16.1 Å². The monoisotopic (exact) mass is 324 g/mol. The summed E-state index contributed by atoms with van der Waals surface area (Å²) in [6.07, 6.45) is 0.793. The third-order valence-corrected chi connectivity index (χ3v) is 3.99. The van der Waals surface area contributed by atoms with Gasteiger partial charge in [0.1, 0.15) is 5.75 Å². The van der Waals surface area contributed by atoms with Crippen molar-refractivity contribution in [2.75, 3.05) is 12.4 Å². The van der Waals surface area contributed by atoms with E-state index in [1.807, 2.05) is 48.5 Å². The summed E-state index contributed by atoms with van der Waals surface area (Å²) in [6.45, 7) is 2.09. The van der Waals surface area contributed by atoms with Gasteiger partial charge in [0.05, 0.1) is 12.8 Å². The number of anilines is 1. The lowest BCUT2D eigenvalue weighted by Crippen LogP contribution is -2.28. The van der Waals surface area contributed by atoms with Gasteiger partial charge in [0.15, 0.2) is 0 Å². The fourth-order valence-corrected chi connectivity index (χ4v) is 2.54. The molecule has 0 aliphatic carbocycles. The molecule has 0 spiro atoms. The van der Waals surface area contributed by atoms with Crippen molar-refractivity contribution >= 4 is 17.3 Å². The Labute approximate surface area is 141 Å². The molecule has 2 aromatic carbocycles.